The Bertz CT molecular complexity index is 839. The van der Waals surface area contributed by atoms with Gasteiger partial charge in [0.1, 0.15) is 5.75 Å². The van der Waals surface area contributed by atoms with Gasteiger partial charge in [-0.1, -0.05) is 6.07 Å². The van der Waals surface area contributed by atoms with E-state index in [-0.39, 0.29) is 5.91 Å². The van der Waals surface area contributed by atoms with E-state index in [2.05, 4.69) is 10.5 Å². The Balaban J connectivity index is 1.88. The predicted molar refractivity (Wildman–Crippen MR) is 113 cm³/mol. The molecule has 0 aliphatic rings. The van der Waals surface area contributed by atoms with E-state index in [1.807, 2.05) is 25.1 Å². The van der Waals surface area contributed by atoms with E-state index in [1.54, 1.807) is 40.6 Å². The molecule has 1 N–H and O–H groups in total. The highest BCUT2D eigenvalue weighted by Crippen LogP contribution is 2.37. The summed E-state index contributed by atoms with van der Waals surface area (Å²) in [6.45, 7) is 2.04. The van der Waals surface area contributed by atoms with Gasteiger partial charge in [-0.3, -0.25) is 4.79 Å². The van der Waals surface area contributed by atoms with Crippen LogP contribution in [0.15, 0.2) is 35.4 Å². The lowest BCUT2D eigenvalue weighted by Crippen LogP contribution is -2.17. The van der Waals surface area contributed by atoms with Gasteiger partial charge >= 0.3 is 0 Å². The monoisotopic (exact) mass is 400 g/mol. The lowest BCUT2D eigenvalue weighted by Gasteiger charge is -2.12. The van der Waals surface area contributed by atoms with Crippen molar-refractivity contribution in [2.75, 3.05) is 28.4 Å². The van der Waals surface area contributed by atoms with Crippen molar-refractivity contribution in [3.8, 4) is 23.0 Å². The molecule has 0 aliphatic carbocycles. The summed E-state index contributed by atoms with van der Waals surface area (Å²) in [5.74, 6) is 2.25. The van der Waals surface area contributed by atoms with E-state index in [0.717, 1.165) is 24.2 Å². The Hall–Kier alpha value is -3.22. The van der Waals surface area contributed by atoms with Crippen LogP contribution in [-0.2, 0) is 11.2 Å². The van der Waals surface area contributed by atoms with E-state index in [9.17, 15) is 4.79 Å². The molecule has 0 aromatic heterocycles. The molecule has 0 bridgehead atoms. The molecular formula is C22H28N2O5. The maximum absolute atomic E-state index is 12.0. The second-order valence-electron chi connectivity index (χ2n) is 6.40. The average molecular weight is 400 g/mol. The molecule has 1 amide bonds. The molecule has 2 rings (SSSR count). The molecule has 0 saturated carbocycles. The van der Waals surface area contributed by atoms with Crippen molar-refractivity contribution in [1.29, 1.82) is 0 Å². The first-order valence-electron chi connectivity index (χ1n) is 9.27. The minimum atomic E-state index is -0.139. The van der Waals surface area contributed by atoms with E-state index in [4.69, 9.17) is 18.9 Å². The maximum Gasteiger partial charge on any atom is 0.240 e. The van der Waals surface area contributed by atoms with Crippen LogP contribution in [0.1, 0.15) is 29.5 Å². The van der Waals surface area contributed by atoms with Gasteiger partial charge in [0, 0.05) is 12.0 Å². The van der Waals surface area contributed by atoms with Crippen LogP contribution < -0.4 is 24.4 Å². The average Bonchev–Trinajstić information content (AvgIpc) is 2.73. The van der Waals surface area contributed by atoms with Crippen LogP contribution in [0.2, 0.25) is 0 Å². The van der Waals surface area contributed by atoms with Gasteiger partial charge in [0.15, 0.2) is 11.5 Å². The molecule has 0 aliphatic heterocycles. The number of aryl methyl sites for hydroxylation is 2. The molecule has 7 heteroatoms. The quantitative estimate of drug-likeness (QED) is 0.488. The molecular weight excluding hydrogens is 372 g/mol. The zero-order valence-electron chi connectivity index (χ0n) is 17.6. The molecule has 2 aromatic carbocycles. The van der Waals surface area contributed by atoms with Crippen LogP contribution >= 0.6 is 0 Å². The van der Waals surface area contributed by atoms with E-state index >= 15 is 0 Å². The van der Waals surface area contributed by atoms with Crippen LogP contribution in [0.3, 0.4) is 0 Å². The third-order valence-electron chi connectivity index (χ3n) is 4.49. The summed E-state index contributed by atoms with van der Waals surface area (Å²) in [5.41, 5.74) is 5.63. The zero-order valence-corrected chi connectivity index (χ0v) is 17.6. The topological polar surface area (TPSA) is 78.4 Å². The van der Waals surface area contributed by atoms with Crippen molar-refractivity contribution in [2.24, 2.45) is 5.10 Å². The number of rotatable bonds is 10. The fourth-order valence-electron chi connectivity index (χ4n) is 2.93. The van der Waals surface area contributed by atoms with Crippen molar-refractivity contribution in [2.45, 2.75) is 26.2 Å². The molecule has 0 fully saturated rings. The second kappa shape index (κ2) is 10.9. The summed E-state index contributed by atoms with van der Waals surface area (Å²) in [7, 11) is 6.29. The number of carbonyl (C=O) groups excluding carboxylic acids is 1. The van der Waals surface area contributed by atoms with E-state index < -0.39 is 0 Å². The Morgan fingerprint density at radius 2 is 1.69 bits per heavy atom. The van der Waals surface area contributed by atoms with E-state index in [1.165, 1.54) is 11.8 Å². The first kappa shape index (κ1) is 22.1. The number of benzene rings is 2. The van der Waals surface area contributed by atoms with Crippen molar-refractivity contribution >= 4 is 12.1 Å². The summed E-state index contributed by atoms with van der Waals surface area (Å²) in [5, 5.41) is 4.02. The van der Waals surface area contributed by atoms with Gasteiger partial charge in [0.05, 0.1) is 34.7 Å². The molecule has 2 aromatic rings. The number of ether oxygens (including phenoxy) is 4. The highest BCUT2D eigenvalue weighted by Gasteiger charge is 2.12. The van der Waals surface area contributed by atoms with Crippen molar-refractivity contribution in [3.63, 3.8) is 0 Å². The summed E-state index contributed by atoms with van der Waals surface area (Å²) < 4.78 is 21.1. The molecule has 0 unspecified atom stereocenters. The lowest BCUT2D eigenvalue weighted by molar-refractivity contribution is -0.121. The van der Waals surface area contributed by atoms with Crippen molar-refractivity contribution in [1.82, 2.24) is 5.43 Å². The van der Waals surface area contributed by atoms with Crippen LogP contribution in [0, 0.1) is 6.92 Å². The van der Waals surface area contributed by atoms with Gasteiger partial charge in [-0.05, 0) is 55.2 Å². The number of nitrogens with zero attached hydrogens (tertiary/aromatic N) is 1. The highest BCUT2D eigenvalue weighted by atomic mass is 16.5. The lowest BCUT2D eigenvalue weighted by atomic mass is 10.0. The molecule has 0 saturated heterocycles. The minimum Gasteiger partial charge on any atom is -0.497 e. The Kier molecular flexibility index (Phi) is 8.33. The predicted octanol–water partition coefficient (Wildman–Crippen LogP) is 3.50. The molecule has 0 spiro atoms. The number of nitrogens with one attached hydrogen (secondary N) is 1. The van der Waals surface area contributed by atoms with Gasteiger partial charge in [0.25, 0.3) is 0 Å². The SMILES string of the molecule is COc1ccc(CCCC(=O)N/N=C\c2cc(OC)c(OC)c(OC)c2)c(C)c1. The van der Waals surface area contributed by atoms with Crippen LogP contribution in [0.5, 0.6) is 23.0 Å². The largest absolute Gasteiger partial charge is 0.497 e. The van der Waals surface area contributed by atoms with Gasteiger partial charge in [-0.25, -0.2) is 5.43 Å². The van der Waals surface area contributed by atoms with Crippen LogP contribution in [-0.4, -0.2) is 40.6 Å². The number of amides is 1. The molecule has 156 valence electrons. The van der Waals surface area contributed by atoms with Gasteiger partial charge in [-0.15, -0.1) is 0 Å². The summed E-state index contributed by atoms with van der Waals surface area (Å²) in [6, 6.07) is 9.48. The van der Waals surface area contributed by atoms with Crippen LogP contribution in [0.25, 0.3) is 0 Å². The maximum atomic E-state index is 12.0. The Morgan fingerprint density at radius 3 is 2.24 bits per heavy atom. The third kappa shape index (κ3) is 6.14. The third-order valence-corrected chi connectivity index (χ3v) is 4.49. The van der Waals surface area contributed by atoms with E-state index in [0.29, 0.717) is 29.2 Å². The number of hydrogen-bond acceptors (Lipinski definition) is 6. The molecule has 29 heavy (non-hydrogen) atoms. The Labute approximate surface area is 171 Å². The van der Waals surface area contributed by atoms with Crippen molar-refractivity contribution in [3.05, 3.63) is 47.0 Å². The fraction of sp³-hybridized carbons (Fsp3) is 0.364. The molecule has 0 atom stereocenters. The number of hydrazone groups is 1. The summed E-state index contributed by atoms with van der Waals surface area (Å²) in [6.07, 6.45) is 3.48. The van der Waals surface area contributed by atoms with Crippen molar-refractivity contribution < 1.29 is 23.7 Å². The van der Waals surface area contributed by atoms with Gasteiger partial charge in [0.2, 0.25) is 11.7 Å². The Morgan fingerprint density at radius 1 is 1.00 bits per heavy atom. The normalized spacial score (nSPS) is 10.7. The molecule has 0 radical (unpaired) electrons. The zero-order chi connectivity index (χ0) is 21.2. The number of hydrogen-bond donors (Lipinski definition) is 1. The smallest absolute Gasteiger partial charge is 0.240 e. The second-order valence-corrected chi connectivity index (χ2v) is 6.40. The first-order chi connectivity index (χ1) is 14.0. The fourth-order valence-corrected chi connectivity index (χ4v) is 2.93. The van der Waals surface area contributed by atoms with Gasteiger partial charge in [-0.2, -0.15) is 5.10 Å². The molecule has 0 heterocycles. The first-order valence-corrected chi connectivity index (χ1v) is 9.27. The summed E-state index contributed by atoms with van der Waals surface area (Å²) >= 11 is 0. The molecule has 7 nitrogen and oxygen atoms in total. The van der Waals surface area contributed by atoms with Crippen LogP contribution in [0.4, 0.5) is 0 Å². The highest BCUT2D eigenvalue weighted by molar-refractivity contribution is 5.84. The summed E-state index contributed by atoms with van der Waals surface area (Å²) in [4.78, 5) is 12.0. The number of carbonyl (C=O) groups is 1. The number of methoxy groups -OCH3 is 4. The van der Waals surface area contributed by atoms with Gasteiger partial charge < -0.3 is 18.9 Å². The standard InChI is InChI=1S/C22H28N2O5/c1-15-11-18(26-2)10-9-17(15)7-6-8-21(25)24-23-14-16-12-19(27-3)22(29-5)20(13-16)28-4/h9-14H,6-8H2,1-5H3,(H,24,25)/b23-14-. The minimum absolute atomic E-state index is 0.139.